The minimum Gasteiger partial charge on any atom is -0.504 e. The summed E-state index contributed by atoms with van der Waals surface area (Å²) in [6, 6.07) is 0. The van der Waals surface area contributed by atoms with Gasteiger partial charge in [0.15, 0.2) is 5.75 Å². The molecule has 1 aromatic heterocycles. The van der Waals surface area contributed by atoms with E-state index in [0.29, 0.717) is 5.92 Å². The zero-order valence-corrected chi connectivity index (χ0v) is 9.84. The standard InChI is InChI=1S/C12H19N3O2/c13-6-9(16)11-10(17)7-14-12(15-11)8-4-2-1-3-5-8/h7-9,16-17H,1-6,13H2. The van der Waals surface area contributed by atoms with E-state index in [1.165, 1.54) is 25.5 Å². The Morgan fingerprint density at radius 2 is 2.06 bits per heavy atom. The van der Waals surface area contributed by atoms with Crippen molar-refractivity contribution in [3.05, 3.63) is 17.7 Å². The third-order valence-corrected chi connectivity index (χ3v) is 3.33. The van der Waals surface area contributed by atoms with Crippen LogP contribution in [0, 0.1) is 0 Å². The Kier molecular flexibility index (Phi) is 3.91. The van der Waals surface area contributed by atoms with Gasteiger partial charge < -0.3 is 15.9 Å². The molecule has 94 valence electrons. The molecule has 0 aromatic carbocycles. The number of hydrogen-bond acceptors (Lipinski definition) is 5. The number of aliphatic hydroxyl groups is 1. The summed E-state index contributed by atoms with van der Waals surface area (Å²) in [6.07, 6.45) is 6.29. The van der Waals surface area contributed by atoms with Crippen LogP contribution in [0.1, 0.15) is 55.6 Å². The van der Waals surface area contributed by atoms with Crippen LogP contribution in [0.25, 0.3) is 0 Å². The molecule has 0 bridgehead atoms. The minimum absolute atomic E-state index is 0.0503. The first-order valence-electron chi connectivity index (χ1n) is 6.16. The number of hydrogen-bond donors (Lipinski definition) is 3. The third kappa shape index (κ3) is 2.73. The second-order valence-electron chi connectivity index (χ2n) is 4.59. The molecular formula is C12H19N3O2. The summed E-state index contributed by atoms with van der Waals surface area (Å²) in [6.45, 7) is 0.0503. The molecule has 0 amide bonds. The van der Waals surface area contributed by atoms with Crippen molar-refractivity contribution in [1.29, 1.82) is 0 Å². The molecule has 1 aliphatic carbocycles. The number of nitrogens with zero attached hydrogens (tertiary/aromatic N) is 2. The Bertz CT molecular complexity index is 378. The first-order chi connectivity index (χ1) is 8.22. The lowest BCUT2D eigenvalue weighted by molar-refractivity contribution is 0.176. The van der Waals surface area contributed by atoms with Crippen molar-refractivity contribution in [2.45, 2.75) is 44.1 Å². The van der Waals surface area contributed by atoms with Crippen molar-refractivity contribution < 1.29 is 10.2 Å². The molecule has 1 aromatic rings. The highest BCUT2D eigenvalue weighted by Gasteiger charge is 2.21. The molecule has 1 fully saturated rings. The lowest BCUT2D eigenvalue weighted by Crippen LogP contribution is -2.16. The van der Waals surface area contributed by atoms with E-state index in [1.807, 2.05) is 0 Å². The van der Waals surface area contributed by atoms with E-state index in [4.69, 9.17) is 5.73 Å². The van der Waals surface area contributed by atoms with Crippen LogP contribution < -0.4 is 5.73 Å². The van der Waals surface area contributed by atoms with E-state index >= 15 is 0 Å². The normalized spacial score (nSPS) is 19.2. The smallest absolute Gasteiger partial charge is 0.158 e. The molecule has 4 N–H and O–H groups in total. The number of nitrogens with two attached hydrogens (primary N) is 1. The monoisotopic (exact) mass is 237 g/mol. The fourth-order valence-electron chi connectivity index (χ4n) is 2.32. The Morgan fingerprint density at radius 1 is 1.35 bits per heavy atom. The highest BCUT2D eigenvalue weighted by atomic mass is 16.3. The van der Waals surface area contributed by atoms with Crippen molar-refractivity contribution in [2.75, 3.05) is 6.54 Å². The summed E-state index contributed by atoms with van der Waals surface area (Å²) in [5.74, 6) is 1.00. The van der Waals surface area contributed by atoms with E-state index in [9.17, 15) is 10.2 Å². The topological polar surface area (TPSA) is 92.3 Å². The molecule has 0 saturated heterocycles. The molecule has 0 spiro atoms. The van der Waals surface area contributed by atoms with Gasteiger partial charge >= 0.3 is 0 Å². The van der Waals surface area contributed by atoms with Crippen molar-refractivity contribution >= 4 is 0 Å². The first-order valence-corrected chi connectivity index (χ1v) is 6.16. The molecule has 5 heteroatoms. The molecule has 1 heterocycles. The van der Waals surface area contributed by atoms with Crippen molar-refractivity contribution in [3.63, 3.8) is 0 Å². The molecule has 1 saturated carbocycles. The summed E-state index contributed by atoms with van der Waals surface area (Å²) < 4.78 is 0. The van der Waals surface area contributed by atoms with Crippen LogP contribution in [0.5, 0.6) is 5.75 Å². The zero-order valence-electron chi connectivity index (χ0n) is 9.84. The van der Waals surface area contributed by atoms with Gasteiger partial charge in [0.1, 0.15) is 17.6 Å². The summed E-state index contributed by atoms with van der Waals surface area (Å²) >= 11 is 0. The Hall–Kier alpha value is -1.20. The van der Waals surface area contributed by atoms with Gasteiger partial charge in [0.25, 0.3) is 0 Å². The fraction of sp³-hybridized carbons (Fsp3) is 0.667. The van der Waals surface area contributed by atoms with Crippen LogP contribution in [-0.4, -0.2) is 26.7 Å². The van der Waals surface area contributed by atoms with Crippen molar-refractivity contribution in [2.24, 2.45) is 5.73 Å². The Labute approximate surface area is 101 Å². The van der Waals surface area contributed by atoms with Gasteiger partial charge in [-0.1, -0.05) is 19.3 Å². The Morgan fingerprint density at radius 3 is 2.71 bits per heavy atom. The highest BCUT2D eigenvalue weighted by Crippen LogP contribution is 2.32. The SMILES string of the molecule is NCC(O)c1nc(C2CCCCC2)ncc1O. The molecule has 17 heavy (non-hydrogen) atoms. The quantitative estimate of drug-likeness (QED) is 0.735. The van der Waals surface area contributed by atoms with Gasteiger partial charge in [0.2, 0.25) is 0 Å². The van der Waals surface area contributed by atoms with Crippen LogP contribution in [0.2, 0.25) is 0 Å². The van der Waals surface area contributed by atoms with Gasteiger partial charge in [0, 0.05) is 12.5 Å². The molecular weight excluding hydrogens is 218 g/mol. The van der Waals surface area contributed by atoms with Crippen LogP contribution in [0.3, 0.4) is 0 Å². The average molecular weight is 237 g/mol. The predicted octanol–water partition coefficient (Wildman–Crippen LogP) is 1.22. The molecule has 0 radical (unpaired) electrons. The van der Waals surface area contributed by atoms with Crippen molar-refractivity contribution in [1.82, 2.24) is 9.97 Å². The number of aromatic nitrogens is 2. The van der Waals surface area contributed by atoms with Crippen LogP contribution in [0.4, 0.5) is 0 Å². The van der Waals surface area contributed by atoms with Gasteiger partial charge in [0.05, 0.1) is 6.20 Å². The van der Waals surface area contributed by atoms with Gasteiger partial charge in [-0.2, -0.15) is 0 Å². The number of aromatic hydroxyl groups is 1. The third-order valence-electron chi connectivity index (χ3n) is 3.33. The van der Waals surface area contributed by atoms with Gasteiger partial charge in [-0.15, -0.1) is 0 Å². The minimum atomic E-state index is -0.916. The van der Waals surface area contributed by atoms with E-state index in [0.717, 1.165) is 18.7 Å². The maximum absolute atomic E-state index is 9.66. The van der Waals surface area contributed by atoms with Gasteiger partial charge in [-0.3, -0.25) is 0 Å². The van der Waals surface area contributed by atoms with Gasteiger partial charge in [-0.05, 0) is 12.8 Å². The molecule has 1 atom stereocenters. The van der Waals surface area contributed by atoms with E-state index < -0.39 is 6.10 Å². The largest absolute Gasteiger partial charge is 0.504 e. The molecule has 2 rings (SSSR count). The summed E-state index contributed by atoms with van der Waals surface area (Å²) in [4.78, 5) is 8.44. The molecule has 1 unspecified atom stereocenters. The van der Waals surface area contributed by atoms with Crippen LogP contribution >= 0.6 is 0 Å². The van der Waals surface area contributed by atoms with Crippen molar-refractivity contribution in [3.8, 4) is 5.75 Å². The summed E-state index contributed by atoms with van der Waals surface area (Å²) in [5, 5.41) is 19.3. The fourth-order valence-corrected chi connectivity index (χ4v) is 2.32. The maximum Gasteiger partial charge on any atom is 0.158 e. The van der Waals surface area contributed by atoms with E-state index in [1.54, 1.807) is 0 Å². The highest BCUT2D eigenvalue weighted by molar-refractivity contribution is 5.26. The molecule has 5 nitrogen and oxygen atoms in total. The zero-order chi connectivity index (χ0) is 12.3. The second kappa shape index (κ2) is 5.42. The molecule has 0 aliphatic heterocycles. The van der Waals surface area contributed by atoms with Crippen LogP contribution in [0.15, 0.2) is 6.20 Å². The summed E-state index contributed by atoms with van der Waals surface area (Å²) in [5.41, 5.74) is 5.63. The summed E-state index contributed by atoms with van der Waals surface area (Å²) in [7, 11) is 0. The average Bonchev–Trinajstić information content (AvgIpc) is 2.39. The second-order valence-corrected chi connectivity index (χ2v) is 4.59. The lowest BCUT2D eigenvalue weighted by Gasteiger charge is -2.21. The first kappa shape index (κ1) is 12.3. The maximum atomic E-state index is 9.66. The Balaban J connectivity index is 2.23. The van der Waals surface area contributed by atoms with Crippen LogP contribution in [-0.2, 0) is 0 Å². The number of aliphatic hydroxyl groups excluding tert-OH is 1. The van der Waals surface area contributed by atoms with Gasteiger partial charge in [-0.25, -0.2) is 9.97 Å². The lowest BCUT2D eigenvalue weighted by atomic mass is 9.88. The van der Waals surface area contributed by atoms with E-state index in [-0.39, 0.29) is 18.0 Å². The van der Waals surface area contributed by atoms with E-state index in [2.05, 4.69) is 9.97 Å². The molecule has 1 aliphatic rings. The predicted molar refractivity (Wildman–Crippen MR) is 63.5 cm³/mol. The number of rotatable bonds is 3.